The van der Waals surface area contributed by atoms with E-state index < -0.39 is 0 Å². The Morgan fingerprint density at radius 1 is 1.05 bits per heavy atom. The number of rotatable bonds is 6. The van der Waals surface area contributed by atoms with Gasteiger partial charge in [0.1, 0.15) is 18.0 Å². The SMILES string of the molecule is CCCc1c(N)ncnc1NCc1ccc(CC)cc1. The summed E-state index contributed by atoms with van der Waals surface area (Å²) in [5, 5.41) is 3.36. The number of hydrogen-bond donors (Lipinski definition) is 2. The van der Waals surface area contributed by atoms with Gasteiger partial charge in [-0.25, -0.2) is 9.97 Å². The number of nitrogens with zero attached hydrogens (tertiary/aromatic N) is 2. The third-order valence-corrected chi connectivity index (χ3v) is 3.37. The van der Waals surface area contributed by atoms with Crippen molar-refractivity contribution in [2.45, 2.75) is 39.7 Å². The first-order valence-corrected chi connectivity index (χ1v) is 7.15. The minimum absolute atomic E-state index is 0.575. The van der Waals surface area contributed by atoms with Crippen molar-refractivity contribution < 1.29 is 0 Å². The van der Waals surface area contributed by atoms with Crippen LogP contribution in [0.2, 0.25) is 0 Å². The zero-order chi connectivity index (χ0) is 14.4. The molecule has 1 heterocycles. The summed E-state index contributed by atoms with van der Waals surface area (Å²) in [5.41, 5.74) is 9.53. The second kappa shape index (κ2) is 6.89. The van der Waals surface area contributed by atoms with Crippen LogP contribution in [-0.4, -0.2) is 9.97 Å². The van der Waals surface area contributed by atoms with E-state index in [4.69, 9.17) is 5.73 Å². The zero-order valence-electron chi connectivity index (χ0n) is 12.2. The van der Waals surface area contributed by atoms with Gasteiger partial charge in [0.05, 0.1) is 0 Å². The average Bonchev–Trinajstić information content (AvgIpc) is 2.48. The van der Waals surface area contributed by atoms with Crippen LogP contribution >= 0.6 is 0 Å². The van der Waals surface area contributed by atoms with Crippen molar-refractivity contribution in [2.75, 3.05) is 11.1 Å². The summed E-state index contributed by atoms with van der Waals surface area (Å²) in [6.07, 6.45) is 4.50. The Labute approximate surface area is 120 Å². The summed E-state index contributed by atoms with van der Waals surface area (Å²) in [5.74, 6) is 1.42. The molecule has 4 nitrogen and oxygen atoms in total. The number of anilines is 2. The normalized spacial score (nSPS) is 10.5. The highest BCUT2D eigenvalue weighted by atomic mass is 15.0. The maximum atomic E-state index is 5.92. The molecule has 2 rings (SSSR count). The fraction of sp³-hybridized carbons (Fsp3) is 0.375. The Bertz CT molecular complexity index is 549. The summed E-state index contributed by atoms with van der Waals surface area (Å²) in [7, 11) is 0. The van der Waals surface area contributed by atoms with Crippen LogP contribution in [0.1, 0.15) is 37.0 Å². The van der Waals surface area contributed by atoms with Crippen LogP contribution in [0.25, 0.3) is 0 Å². The molecule has 0 unspecified atom stereocenters. The zero-order valence-corrected chi connectivity index (χ0v) is 12.2. The third-order valence-electron chi connectivity index (χ3n) is 3.37. The van der Waals surface area contributed by atoms with Crippen molar-refractivity contribution in [1.29, 1.82) is 0 Å². The van der Waals surface area contributed by atoms with Crippen LogP contribution in [0.3, 0.4) is 0 Å². The molecule has 0 aliphatic rings. The van der Waals surface area contributed by atoms with Crippen molar-refractivity contribution in [3.63, 3.8) is 0 Å². The number of hydrogen-bond acceptors (Lipinski definition) is 4. The van der Waals surface area contributed by atoms with Gasteiger partial charge in [0.15, 0.2) is 0 Å². The lowest BCUT2D eigenvalue weighted by atomic mass is 10.1. The summed E-state index contributed by atoms with van der Waals surface area (Å²) in [6, 6.07) is 8.63. The van der Waals surface area contributed by atoms with Crippen molar-refractivity contribution in [1.82, 2.24) is 9.97 Å². The van der Waals surface area contributed by atoms with Gasteiger partial charge in [-0.2, -0.15) is 0 Å². The summed E-state index contributed by atoms with van der Waals surface area (Å²) < 4.78 is 0. The molecule has 0 spiro atoms. The van der Waals surface area contributed by atoms with E-state index in [1.54, 1.807) is 0 Å². The van der Waals surface area contributed by atoms with Gasteiger partial charge in [-0.15, -0.1) is 0 Å². The summed E-state index contributed by atoms with van der Waals surface area (Å²) in [4.78, 5) is 8.37. The Balaban J connectivity index is 2.08. The minimum atomic E-state index is 0.575. The molecule has 20 heavy (non-hydrogen) atoms. The quantitative estimate of drug-likeness (QED) is 0.846. The summed E-state index contributed by atoms with van der Waals surface area (Å²) >= 11 is 0. The average molecular weight is 270 g/mol. The van der Waals surface area contributed by atoms with Crippen molar-refractivity contribution in [3.8, 4) is 0 Å². The van der Waals surface area contributed by atoms with Gasteiger partial charge in [0.2, 0.25) is 0 Å². The predicted molar refractivity (Wildman–Crippen MR) is 83.6 cm³/mol. The van der Waals surface area contributed by atoms with Gasteiger partial charge in [0.25, 0.3) is 0 Å². The lowest BCUT2D eigenvalue weighted by Gasteiger charge is -2.12. The third kappa shape index (κ3) is 3.47. The van der Waals surface area contributed by atoms with E-state index >= 15 is 0 Å². The first-order valence-electron chi connectivity index (χ1n) is 7.15. The highest BCUT2D eigenvalue weighted by Crippen LogP contribution is 2.19. The van der Waals surface area contributed by atoms with Crippen molar-refractivity contribution >= 4 is 11.6 Å². The first-order chi connectivity index (χ1) is 9.74. The molecule has 0 aliphatic heterocycles. The van der Waals surface area contributed by atoms with E-state index in [1.807, 2.05) is 0 Å². The van der Waals surface area contributed by atoms with E-state index in [-0.39, 0.29) is 0 Å². The Hall–Kier alpha value is -2.10. The molecule has 0 radical (unpaired) electrons. The molecule has 0 atom stereocenters. The van der Waals surface area contributed by atoms with Crippen LogP contribution in [0.4, 0.5) is 11.6 Å². The highest BCUT2D eigenvalue weighted by molar-refractivity contribution is 5.55. The fourth-order valence-electron chi connectivity index (χ4n) is 2.15. The number of aromatic nitrogens is 2. The van der Waals surface area contributed by atoms with Crippen LogP contribution in [0.15, 0.2) is 30.6 Å². The fourth-order valence-corrected chi connectivity index (χ4v) is 2.15. The van der Waals surface area contributed by atoms with Gasteiger partial charge < -0.3 is 11.1 Å². The maximum Gasteiger partial charge on any atom is 0.134 e. The Morgan fingerprint density at radius 3 is 2.40 bits per heavy atom. The van der Waals surface area contributed by atoms with E-state index in [9.17, 15) is 0 Å². The smallest absolute Gasteiger partial charge is 0.134 e. The lowest BCUT2D eigenvalue weighted by Crippen LogP contribution is -2.08. The Kier molecular flexibility index (Phi) is 4.93. The minimum Gasteiger partial charge on any atom is -0.383 e. The molecular formula is C16H22N4. The molecule has 0 aliphatic carbocycles. The van der Waals surface area contributed by atoms with Crippen molar-refractivity contribution in [2.24, 2.45) is 0 Å². The lowest BCUT2D eigenvalue weighted by molar-refractivity contribution is 0.901. The molecule has 0 saturated heterocycles. The van der Waals surface area contributed by atoms with Crippen LogP contribution < -0.4 is 11.1 Å². The molecule has 0 fully saturated rings. The van der Waals surface area contributed by atoms with Crippen LogP contribution in [0.5, 0.6) is 0 Å². The molecule has 0 amide bonds. The number of nitrogens with two attached hydrogens (primary N) is 1. The topological polar surface area (TPSA) is 63.8 Å². The first kappa shape index (κ1) is 14.3. The van der Waals surface area contributed by atoms with Gasteiger partial charge in [-0.05, 0) is 24.0 Å². The Morgan fingerprint density at radius 2 is 1.75 bits per heavy atom. The van der Waals surface area contributed by atoms with Crippen LogP contribution in [-0.2, 0) is 19.4 Å². The molecule has 2 aromatic rings. The number of aryl methyl sites for hydroxylation is 1. The largest absolute Gasteiger partial charge is 0.383 e. The maximum absolute atomic E-state index is 5.92. The second-order valence-electron chi connectivity index (χ2n) is 4.86. The standard InChI is InChI=1S/C16H22N4/c1-3-5-14-15(17)19-11-20-16(14)18-10-13-8-6-12(4-2)7-9-13/h6-9,11H,3-5,10H2,1-2H3,(H3,17,18,19,20). The van der Waals surface area contributed by atoms with Crippen molar-refractivity contribution in [3.05, 3.63) is 47.3 Å². The molecule has 1 aromatic carbocycles. The van der Waals surface area contributed by atoms with Crippen LogP contribution in [0, 0.1) is 0 Å². The van der Waals surface area contributed by atoms with Gasteiger partial charge in [-0.1, -0.05) is 44.5 Å². The van der Waals surface area contributed by atoms with Gasteiger partial charge >= 0.3 is 0 Å². The van der Waals surface area contributed by atoms with E-state index in [1.165, 1.54) is 17.5 Å². The molecule has 0 bridgehead atoms. The molecule has 0 saturated carbocycles. The number of nitrogens with one attached hydrogen (secondary N) is 1. The predicted octanol–water partition coefficient (Wildman–Crippen LogP) is 3.19. The summed E-state index contributed by atoms with van der Waals surface area (Å²) in [6.45, 7) is 5.03. The molecular weight excluding hydrogens is 248 g/mol. The molecule has 1 aromatic heterocycles. The molecule has 4 heteroatoms. The van der Waals surface area contributed by atoms with Gasteiger partial charge in [0, 0.05) is 12.1 Å². The monoisotopic (exact) mass is 270 g/mol. The van der Waals surface area contributed by atoms with E-state index in [2.05, 4.69) is 53.4 Å². The highest BCUT2D eigenvalue weighted by Gasteiger charge is 2.07. The van der Waals surface area contributed by atoms with E-state index in [0.717, 1.165) is 37.2 Å². The number of nitrogen functional groups attached to an aromatic ring is 1. The molecule has 3 N–H and O–H groups in total. The van der Waals surface area contributed by atoms with Gasteiger partial charge in [-0.3, -0.25) is 0 Å². The molecule has 106 valence electrons. The second-order valence-corrected chi connectivity index (χ2v) is 4.86. The number of benzene rings is 1. The van der Waals surface area contributed by atoms with E-state index in [0.29, 0.717) is 5.82 Å².